The second-order valence-electron chi connectivity index (χ2n) is 5.11. The molecule has 1 rings (SSSR count). The van der Waals surface area contributed by atoms with Crippen molar-refractivity contribution in [3.05, 3.63) is 5.89 Å². The smallest absolute Gasteiger partial charge is 0.277 e. The molecule has 1 aromatic rings. The highest BCUT2D eigenvalue weighted by molar-refractivity contribution is 7.99. The average molecular weight is 316 g/mol. The molecule has 1 heterocycles. The molecule has 0 fully saturated rings. The van der Waals surface area contributed by atoms with Crippen molar-refractivity contribution in [2.45, 2.75) is 38.1 Å². The number of carbonyl (C=O) groups is 1. The van der Waals surface area contributed by atoms with Crippen LogP contribution in [0.15, 0.2) is 9.64 Å². The second kappa shape index (κ2) is 9.75. The van der Waals surface area contributed by atoms with E-state index in [9.17, 15) is 4.79 Å². The molecule has 1 aromatic heterocycles. The first-order chi connectivity index (χ1) is 9.97. The third-order valence-electron chi connectivity index (χ3n) is 2.32. The maximum Gasteiger partial charge on any atom is 0.277 e. The molecule has 120 valence electrons. The van der Waals surface area contributed by atoms with Crippen molar-refractivity contribution in [2.24, 2.45) is 0 Å². The molecule has 0 radical (unpaired) electrons. The molecule has 0 aliphatic carbocycles. The van der Waals surface area contributed by atoms with Gasteiger partial charge in [-0.2, -0.15) is 0 Å². The molecule has 0 atom stereocenters. The molecule has 0 aliphatic heterocycles. The van der Waals surface area contributed by atoms with Crippen LogP contribution in [-0.4, -0.2) is 60.1 Å². The van der Waals surface area contributed by atoms with Gasteiger partial charge in [0, 0.05) is 13.2 Å². The molecule has 0 aromatic carbocycles. The van der Waals surface area contributed by atoms with Crippen LogP contribution in [0.5, 0.6) is 0 Å². The van der Waals surface area contributed by atoms with Crippen LogP contribution in [0.3, 0.4) is 0 Å². The zero-order valence-electron chi connectivity index (χ0n) is 13.1. The molecule has 1 amide bonds. The Hall–Kier alpha value is -1.12. The first-order valence-corrected chi connectivity index (χ1v) is 7.94. The van der Waals surface area contributed by atoms with Gasteiger partial charge in [-0.3, -0.25) is 4.79 Å². The van der Waals surface area contributed by atoms with E-state index in [1.54, 1.807) is 0 Å². The molecule has 21 heavy (non-hydrogen) atoms. The lowest BCUT2D eigenvalue weighted by Gasteiger charge is -2.07. The van der Waals surface area contributed by atoms with Crippen LogP contribution in [-0.2, 0) is 16.1 Å². The van der Waals surface area contributed by atoms with Gasteiger partial charge in [0.2, 0.25) is 11.8 Å². The maximum atomic E-state index is 11.6. The van der Waals surface area contributed by atoms with Crippen molar-refractivity contribution in [1.29, 1.82) is 0 Å². The van der Waals surface area contributed by atoms with Gasteiger partial charge in [-0.05, 0) is 34.4 Å². The highest BCUT2D eigenvalue weighted by Gasteiger charge is 2.09. The van der Waals surface area contributed by atoms with Crippen molar-refractivity contribution in [2.75, 3.05) is 33.0 Å². The molecule has 0 saturated carbocycles. The van der Waals surface area contributed by atoms with Gasteiger partial charge in [0.25, 0.3) is 5.22 Å². The highest BCUT2D eigenvalue weighted by atomic mass is 32.2. The first kappa shape index (κ1) is 17.9. The summed E-state index contributed by atoms with van der Waals surface area (Å²) in [7, 11) is 3.85. The van der Waals surface area contributed by atoms with E-state index in [1.807, 2.05) is 32.8 Å². The van der Waals surface area contributed by atoms with E-state index < -0.39 is 0 Å². The van der Waals surface area contributed by atoms with Gasteiger partial charge in [0.1, 0.15) is 0 Å². The minimum Gasteiger partial charge on any atom is -0.415 e. The van der Waals surface area contributed by atoms with Crippen molar-refractivity contribution >= 4 is 17.7 Å². The van der Waals surface area contributed by atoms with Crippen LogP contribution < -0.4 is 5.32 Å². The maximum absolute atomic E-state index is 11.6. The summed E-state index contributed by atoms with van der Waals surface area (Å²) in [4.78, 5) is 13.6. The number of hydrogen-bond acceptors (Lipinski definition) is 7. The highest BCUT2D eigenvalue weighted by Crippen LogP contribution is 2.15. The van der Waals surface area contributed by atoms with E-state index in [4.69, 9.17) is 9.15 Å². The van der Waals surface area contributed by atoms with Gasteiger partial charge < -0.3 is 19.4 Å². The second-order valence-corrected chi connectivity index (χ2v) is 6.04. The zero-order valence-corrected chi connectivity index (χ0v) is 13.9. The number of hydrogen-bond donors (Lipinski definition) is 1. The largest absolute Gasteiger partial charge is 0.415 e. The fourth-order valence-corrected chi connectivity index (χ4v) is 2.04. The van der Waals surface area contributed by atoms with E-state index in [0.29, 0.717) is 30.8 Å². The van der Waals surface area contributed by atoms with Crippen LogP contribution in [0, 0.1) is 0 Å². The van der Waals surface area contributed by atoms with E-state index in [2.05, 4.69) is 15.5 Å². The summed E-state index contributed by atoms with van der Waals surface area (Å²) >= 11 is 1.24. The molecule has 7 nitrogen and oxygen atoms in total. The molecule has 0 spiro atoms. The predicted molar refractivity (Wildman–Crippen MR) is 81.1 cm³/mol. The summed E-state index contributed by atoms with van der Waals surface area (Å²) in [5.74, 6) is 0.778. The van der Waals surface area contributed by atoms with E-state index in [-0.39, 0.29) is 17.8 Å². The lowest BCUT2D eigenvalue weighted by Crippen LogP contribution is -2.27. The van der Waals surface area contributed by atoms with Crippen LogP contribution >= 0.6 is 11.8 Å². The summed E-state index contributed by atoms with van der Waals surface area (Å²) in [5.41, 5.74) is 0. The molecular formula is C13H24N4O3S. The van der Waals surface area contributed by atoms with Gasteiger partial charge >= 0.3 is 0 Å². The Kier molecular flexibility index (Phi) is 8.33. The summed E-state index contributed by atoms with van der Waals surface area (Å²) in [6.45, 7) is 5.84. The van der Waals surface area contributed by atoms with E-state index in [1.165, 1.54) is 11.8 Å². The number of ether oxygens (including phenoxy) is 1. The average Bonchev–Trinajstić information content (AvgIpc) is 2.82. The number of nitrogens with one attached hydrogen (secondary N) is 1. The van der Waals surface area contributed by atoms with Gasteiger partial charge in [0.05, 0.1) is 18.4 Å². The summed E-state index contributed by atoms with van der Waals surface area (Å²) in [6, 6.07) is 0. The van der Waals surface area contributed by atoms with Gasteiger partial charge in [0.15, 0.2) is 0 Å². The molecule has 8 heteroatoms. The Morgan fingerprint density at radius 1 is 1.43 bits per heavy atom. The Labute approximate surface area is 129 Å². The molecule has 0 unspecified atom stereocenters. The number of amides is 1. The fraction of sp³-hybridized carbons (Fsp3) is 0.769. The molecular weight excluding hydrogens is 292 g/mol. The van der Waals surface area contributed by atoms with Crippen molar-refractivity contribution < 1.29 is 13.9 Å². The van der Waals surface area contributed by atoms with Gasteiger partial charge in [-0.25, -0.2) is 0 Å². The first-order valence-electron chi connectivity index (χ1n) is 6.95. The number of thioether (sulfide) groups is 1. The van der Waals surface area contributed by atoms with E-state index in [0.717, 1.165) is 6.42 Å². The van der Waals surface area contributed by atoms with Crippen molar-refractivity contribution in [3.8, 4) is 0 Å². The summed E-state index contributed by atoms with van der Waals surface area (Å²) in [6.07, 6.45) is 1.03. The molecule has 0 aliphatic rings. The molecule has 0 saturated heterocycles. The lowest BCUT2D eigenvalue weighted by molar-refractivity contribution is -0.118. The Bertz CT molecular complexity index is 423. The van der Waals surface area contributed by atoms with Gasteiger partial charge in [-0.15, -0.1) is 10.2 Å². The van der Waals surface area contributed by atoms with Gasteiger partial charge in [-0.1, -0.05) is 11.8 Å². The Morgan fingerprint density at radius 2 is 2.19 bits per heavy atom. The zero-order chi connectivity index (χ0) is 15.7. The molecule has 1 N–H and O–H groups in total. The number of nitrogens with zero attached hydrogens (tertiary/aromatic N) is 3. The Balaban J connectivity index is 2.13. The third kappa shape index (κ3) is 8.69. The lowest BCUT2D eigenvalue weighted by atomic mass is 10.4. The number of carbonyl (C=O) groups excluding carboxylic acids is 1. The quantitative estimate of drug-likeness (QED) is 0.512. The normalized spacial score (nSPS) is 11.3. The monoisotopic (exact) mass is 316 g/mol. The van der Waals surface area contributed by atoms with Crippen LogP contribution in [0.2, 0.25) is 0 Å². The summed E-state index contributed by atoms with van der Waals surface area (Å²) < 4.78 is 10.8. The Morgan fingerprint density at radius 3 is 2.86 bits per heavy atom. The van der Waals surface area contributed by atoms with Crippen LogP contribution in [0.4, 0.5) is 0 Å². The van der Waals surface area contributed by atoms with Crippen molar-refractivity contribution in [3.63, 3.8) is 0 Å². The fourth-order valence-electron chi connectivity index (χ4n) is 1.43. The number of aromatic nitrogens is 2. The van der Waals surface area contributed by atoms with Crippen molar-refractivity contribution in [1.82, 2.24) is 20.4 Å². The van der Waals surface area contributed by atoms with Crippen LogP contribution in [0.25, 0.3) is 0 Å². The SMILES string of the molecule is CC(C)OCCCNC(=O)CSc1nnc(CN(C)C)o1. The topological polar surface area (TPSA) is 80.5 Å². The van der Waals surface area contributed by atoms with Crippen LogP contribution in [0.1, 0.15) is 26.2 Å². The minimum absolute atomic E-state index is 0.0445. The summed E-state index contributed by atoms with van der Waals surface area (Å²) in [5, 5.41) is 11.0. The number of rotatable bonds is 10. The minimum atomic E-state index is -0.0445. The third-order valence-corrected chi connectivity index (χ3v) is 3.14. The standard InChI is InChI=1S/C13H24N4O3S/c1-10(2)19-7-5-6-14-11(18)9-21-13-16-15-12(20-13)8-17(3)4/h10H,5-9H2,1-4H3,(H,14,18). The molecule has 0 bridgehead atoms. The van der Waals surface area contributed by atoms with E-state index >= 15 is 0 Å². The predicted octanol–water partition coefficient (Wildman–Crippen LogP) is 1.15.